The molecular weight excluding hydrogens is 356 g/mol. The van der Waals surface area contributed by atoms with Gasteiger partial charge in [0.05, 0.1) is 11.1 Å². The smallest absolute Gasteiger partial charge is 0.337 e. The normalized spacial score (nSPS) is 10.3. The Morgan fingerprint density at radius 3 is 1.32 bits per heavy atom. The summed E-state index contributed by atoms with van der Waals surface area (Å²) in [5.41, 5.74) is 3.64. The van der Waals surface area contributed by atoms with Crippen LogP contribution in [0, 0.1) is 0 Å². The molecule has 0 aliphatic rings. The van der Waals surface area contributed by atoms with Crippen molar-refractivity contribution in [2.45, 2.75) is 13.1 Å². The van der Waals surface area contributed by atoms with Crippen molar-refractivity contribution in [2.24, 2.45) is 0 Å². The fourth-order valence-corrected chi connectivity index (χ4v) is 2.82. The number of carboxylic acid groups (broad SMARTS) is 2. The van der Waals surface area contributed by atoms with Gasteiger partial charge < -0.3 is 20.8 Å². The van der Waals surface area contributed by atoms with Crippen LogP contribution in [-0.4, -0.2) is 22.2 Å². The predicted molar refractivity (Wildman–Crippen MR) is 108 cm³/mol. The van der Waals surface area contributed by atoms with Gasteiger partial charge in [-0.15, -0.1) is 0 Å². The molecule has 0 saturated heterocycles. The molecule has 28 heavy (non-hydrogen) atoms. The third-order valence-corrected chi connectivity index (χ3v) is 4.30. The second-order valence-electron chi connectivity index (χ2n) is 6.23. The first-order valence-corrected chi connectivity index (χ1v) is 8.75. The van der Waals surface area contributed by atoms with Crippen LogP contribution in [0.15, 0.2) is 72.8 Å². The molecule has 0 saturated carbocycles. The van der Waals surface area contributed by atoms with Gasteiger partial charge in [-0.05, 0) is 35.4 Å². The fourth-order valence-electron chi connectivity index (χ4n) is 2.82. The Morgan fingerprint density at radius 1 is 0.607 bits per heavy atom. The lowest BCUT2D eigenvalue weighted by atomic mass is 10.1. The summed E-state index contributed by atoms with van der Waals surface area (Å²) >= 11 is 0. The number of carbonyl (C=O) groups is 2. The summed E-state index contributed by atoms with van der Waals surface area (Å²) in [7, 11) is 0. The average molecular weight is 376 g/mol. The lowest BCUT2D eigenvalue weighted by molar-refractivity contribution is 0.0687. The van der Waals surface area contributed by atoms with Crippen LogP contribution in [-0.2, 0) is 13.1 Å². The minimum Gasteiger partial charge on any atom is -0.478 e. The Labute approximate surface area is 162 Å². The zero-order chi connectivity index (χ0) is 19.9. The minimum absolute atomic E-state index is 0.236. The third kappa shape index (κ3) is 4.67. The highest BCUT2D eigenvalue weighted by Crippen LogP contribution is 2.18. The van der Waals surface area contributed by atoms with E-state index in [1.54, 1.807) is 48.5 Å². The summed E-state index contributed by atoms with van der Waals surface area (Å²) in [5.74, 6) is -1.93. The molecule has 0 aliphatic heterocycles. The van der Waals surface area contributed by atoms with E-state index in [1.807, 2.05) is 24.3 Å². The van der Waals surface area contributed by atoms with Crippen LogP contribution in [0.5, 0.6) is 0 Å². The molecule has 3 rings (SSSR count). The first-order valence-electron chi connectivity index (χ1n) is 8.75. The Hall–Kier alpha value is -3.80. The van der Waals surface area contributed by atoms with E-state index in [0.717, 1.165) is 11.1 Å². The van der Waals surface area contributed by atoms with Crippen molar-refractivity contribution < 1.29 is 19.8 Å². The van der Waals surface area contributed by atoms with Crippen molar-refractivity contribution >= 4 is 23.3 Å². The van der Waals surface area contributed by atoms with Gasteiger partial charge in [0.15, 0.2) is 0 Å². The van der Waals surface area contributed by atoms with Crippen LogP contribution in [0.4, 0.5) is 11.4 Å². The lowest BCUT2D eigenvalue weighted by Gasteiger charge is -2.11. The van der Waals surface area contributed by atoms with Crippen LogP contribution < -0.4 is 10.6 Å². The molecule has 142 valence electrons. The molecule has 0 bridgehead atoms. The highest BCUT2D eigenvalue weighted by Gasteiger charge is 2.09. The molecule has 0 fully saturated rings. The maximum Gasteiger partial charge on any atom is 0.337 e. The number of rotatable bonds is 8. The molecule has 0 aliphatic carbocycles. The fraction of sp³-hybridized carbons (Fsp3) is 0.0909. The molecule has 0 atom stereocenters. The maximum absolute atomic E-state index is 11.2. The summed E-state index contributed by atoms with van der Waals surface area (Å²) < 4.78 is 0. The SMILES string of the molecule is O=C(O)c1ccccc1NCc1ccc(CNc2ccccc2C(=O)O)cc1. The van der Waals surface area contributed by atoms with E-state index < -0.39 is 11.9 Å². The zero-order valence-corrected chi connectivity index (χ0v) is 15.1. The van der Waals surface area contributed by atoms with Gasteiger partial charge in [-0.2, -0.15) is 0 Å². The van der Waals surface area contributed by atoms with Gasteiger partial charge in [-0.1, -0.05) is 48.5 Å². The van der Waals surface area contributed by atoms with Crippen molar-refractivity contribution in [3.8, 4) is 0 Å². The average Bonchev–Trinajstić information content (AvgIpc) is 2.71. The topological polar surface area (TPSA) is 98.7 Å². The first-order chi connectivity index (χ1) is 13.5. The van der Waals surface area contributed by atoms with Crippen LogP contribution in [0.3, 0.4) is 0 Å². The van der Waals surface area contributed by atoms with E-state index in [-0.39, 0.29) is 11.1 Å². The number of benzene rings is 3. The molecule has 0 aromatic heterocycles. The monoisotopic (exact) mass is 376 g/mol. The molecule has 0 heterocycles. The molecule has 0 spiro atoms. The van der Waals surface area contributed by atoms with Crippen LogP contribution in [0.1, 0.15) is 31.8 Å². The van der Waals surface area contributed by atoms with E-state index in [4.69, 9.17) is 0 Å². The predicted octanol–water partition coefficient (Wildman–Crippen LogP) is 4.31. The van der Waals surface area contributed by atoms with Crippen molar-refractivity contribution in [3.63, 3.8) is 0 Å². The number of hydrogen-bond acceptors (Lipinski definition) is 4. The van der Waals surface area contributed by atoms with Gasteiger partial charge >= 0.3 is 11.9 Å². The molecule has 6 nitrogen and oxygen atoms in total. The number of carboxylic acids is 2. The Morgan fingerprint density at radius 2 is 0.964 bits per heavy atom. The van der Waals surface area contributed by atoms with Crippen LogP contribution >= 0.6 is 0 Å². The number of anilines is 2. The van der Waals surface area contributed by atoms with E-state index in [9.17, 15) is 19.8 Å². The van der Waals surface area contributed by atoms with Crippen molar-refractivity contribution in [3.05, 3.63) is 95.1 Å². The first kappa shape index (κ1) is 19.0. The number of nitrogens with one attached hydrogen (secondary N) is 2. The Bertz CT molecular complexity index is 903. The van der Waals surface area contributed by atoms with Crippen molar-refractivity contribution in [1.29, 1.82) is 0 Å². The molecule has 0 radical (unpaired) electrons. The van der Waals surface area contributed by atoms with E-state index in [1.165, 1.54) is 0 Å². The maximum atomic E-state index is 11.2. The standard InChI is InChI=1S/C22H20N2O4/c25-21(26)17-5-1-3-7-19(17)23-13-15-9-11-16(12-10-15)14-24-20-8-4-2-6-18(20)22(27)28/h1-12,23-24H,13-14H2,(H,25,26)(H,27,28). The molecule has 0 unspecified atom stereocenters. The lowest BCUT2D eigenvalue weighted by Crippen LogP contribution is -2.07. The van der Waals surface area contributed by atoms with Crippen molar-refractivity contribution in [1.82, 2.24) is 0 Å². The van der Waals surface area contributed by atoms with E-state index in [0.29, 0.717) is 24.5 Å². The van der Waals surface area contributed by atoms with Crippen molar-refractivity contribution in [2.75, 3.05) is 10.6 Å². The van der Waals surface area contributed by atoms with Gasteiger partial charge in [-0.25, -0.2) is 9.59 Å². The molecule has 3 aromatic carbocycles. The summed E-state index contributed by atoms with van der Waals surface area (Å²) in [5, 5.41) is 24.7. The molecule has 3 aromatic rings. The van der Waals surface area contributed by atoms with Gasteiger partial charge in [0.1, 0.15) is 0 Å². The second kappa shape index (κ2) is 8.73. The van der Waals surface area contributed by atoms with Crippen LogP contribution in [0.25, 0.3) is 0 Å². The summed E-state index contributed by atoms with van der Waals surface area (Å²) in [4.78, 5) is 22.5. The third-order valence-electron chi connectivity index (χ3n) is 4.30. The van der Waals surface area contributed by atoms with E-state index >= 15 is 0 Å². The second-order valence-corrected chi connectivity index (χ2v) is 6.23. The largest absolute Gasteiger partial charge is 0.478 e. The quantitative estimate of drug-likeness (QED) is 0.468. The van der Waals surface area contributed by atoms with E-state index in [2.05, 4.69) is 10.6 Å². The van der Waals surface area contributed by atoms with Gasteiger partial charge in [0.25, 0.3) is 0 Å². The highest BCUT2D eigenvalue weighted by atomic mass is 16.4. The number of aromatic carboxylic acids is 2. The minimum atomic E-state index is -0.967. The summed E-state index contributed by atoms with van der Waals surface area (Å²) in [6, 6.07) is 21.4. The molecule has 4 N–H and O–H groups in total. The highest BCUT2D eigenvalue weighted by molar-refractivity contribution is 5.94. The number of para-hydroxylation sites is 2. The summed E-state index contributed by atoms with van der Waals surface area (Å²) in [6.07, 6.45) is 0. The number of hydrogen-bond donors (Lipinski definition) is 4. The van der Waals surface area contributed by atoms with Gasteiger partial charge in [-0.3, -0.25) is 0 Å². The van der Waals surface area contributed by atoms with Gasteiger partial charge in [0, 0.05) is 24.5 Å². The molecule has 0 amide bonds. The Balaban J connectivity index is 1.60. The Kier molecular flexibility index (Phi) is 5.91. The van der Waals surface area contributed by atoms with Crippen LogP contribution in [0.2, 0.25) is 0 Å². The summed E-state index contributed by atoms with van der Waals surface area (Å²) in [6.45, 7) is 1.000. The molecule has 6 heteroatoms. The zero-order valence-electron chi connectivity index (χ0n) is 15.1. The van der Waals surface area contributed by atoms with Gasteiger partial charge in [0.2, 0.25) is 0 Å². The molecular formula is C22H20N2O4.